The highest BCUT2D eigenvalue weighted by Gasteiger charge is 2.19. The highest BCUT2D eigenvalue weighted by atomic mass is 16.5. The van der Waals surface area contributed by atoms with E-state index in [0.29, 0.717) is 11.4 Å². The van der Waals surface area contributed by atoms with E-state index in [-0.39, 0.29) is 5.56 Å². The minimum absolute atomic E-state index is 0.135. The SMILES string of the molecule is CNc1cc(-c2ccccc2)oc(=O)c1C(=O)OC. The summed E-state index contributed by atoms with van der Waals surface area (Å²) in [6, 6.07) is 10.8. The standard InChI is InChI=1S/C14H13NO4/c1-15-10-8-11(9-6-4-3-5-7-9)19-14(17)12(10)13(16)18-2/h3-8,15H,1-2H3. The molecule has 1 aromatic heterocycles. The molecule has 0 saturated carbocycles. The highest BCUT2D eigenvalue weighted by Crippen LogP contribution is 2.23. The monoisotopic (exact) mass is 259 g/mol. The number of esters is 1. The van der Waals surface area contributed by atoms with Crippen molar-refractivity contribution in [1.82, 2.24) is 0 Å². The predicted octanol–water partition coefficient (Wildman–Crippen LogP) is 2.14. The van der Waals surface area contributed by atoms with Gasteiger partial charge >= 0.3 is 11.6 Å². The van der Waals surface area contributed by atoms with Crippen molar-refractivity contribution >= 4 is 11.7 Å². The van der Waals surface area contributed by atoms with Crippen LogP contribution in [0.15, 0.2) is 45.6 Å². The van der Waals surface area contributed by atoms with Crippen molar-refractivity contribution in [3.8, 4) is 11.3 Å². The Balaban J connectivity index is 2.61. The zero-order valence-electron chi connectivity index (χ0n) is 10.6. The van der Waals surface area contributed by atoms with Crippen LogP contribution >= 0.6 is 0 Å². The molecule has 0 fully saturated rings. The van der Waals surface area contributed by atoms with Gasteiger partial charge in [-0.15, -0.1) is 0 Å². The summed E-state index contributed by atoms with van der Waals surface area (Å²) in [6.45, 7) is 0. The molecule has 1 heterocycles. The fraction of sp³-hybridized carbons (Fsp3) is 0.143. The van der Waals surface area contributed by atoms with Crippen LogP contribution in [-0.4, -0.2) is 20.1 Å². The van der Waals surface area contributed by atoms with Gasteiger partial charge in [0.1, 0.15) is 5.76 Å². The van der Waals surface area contributed by atoms with Gasteiger partial charge in [-0.1, -0.05) is 30.3 Å². The lowest BCUT2D eigenvalue weighted by molar-refractivity contribution is 0.0597. The molecule has 1 aromatic carbocycles. The molecule has 0 unspecified atom stereocenters. The van der Waals surface area contributed by atoms with Crippen LogP contribution in [-0.2, 0) is 4.74 Å². The maximum absolute atomic E-state index is 11.9. The number of carbonyl (C=O) groups is 1. The Bertz CT molecular complexity index is 646. The summed E-state index contributed by atoms with van der Waals surface area (Å²) in [5, 5.41) is 2.80. The lowest BCUT2D eigenvalue weighted by Gasteiger charge is -2.08. The molecule has 0 saturated heterocycles. The summed E-state index contributed by atoms with van der Waals surface area (Å²) in [7, 11) is 2.84. The van der Waals surface area contributed by atoms with E-state index in [2.05, 4.69) is 10.1 Å². The first kappa shape index (κ1) is 12.9. The van der Waals surface area contributed by atoms with Gasteiger partial charge in [-0.2, -0.15) is 0 Å². The quantitative estimate of drug-likeness (QED) is 0.855. The van der Waals surface area contributed by atoms with Crippen LogP contribution in [0.4, 0.5) is 5.69 Å². The first-order valence-corrected chi connectivity index (χ1v) is 5.67. The molecule has 0 aliphatic rings. The molecule has 5 nitrogen and oxygen atoms in total. The fourth-order valence-electron chi connectivity index (χ4n) is 1.73. The van der Waals surface area contributed by atoms with Gasteiger partial charge < -0.3 is 14.5 Å². The number of hydrogen-bond acceptors (Lipinski definition) is 5. The average Bonchev–Trinajstić information content (AvgIpc) is 2.46. The van der Waals surface area contributed by atoms with E-state index < -0.39 is 11.6 Å². The lowest BCUT2D eigenvalue weighted by atomic mass is 10.1. The number of methoxy groups -OCH3 is 1. The van der Waals surface area contributed by atoms with Gasteiger partial charge in [0.15, 0.2) is 5.56 Å². The molecule has 0 atom stereocenters. The normalized spacial score (nSPS) is 10.0. The number of hydrogen-bond donors (Lipinski definition) is 1. The molecule has 0 aliphatic carbocycles. The molecule has 0 radical (unpaired) electrons. The highest BCUT2D eigenvalue weighted by molar-refractivity contribution is 5.95. The zero-order valence-corrected chi connectivity index (χ0v) is 10.6. The summed E-state index contributed by atoms with van der Waals surface area (Å²) >= 11 is 0. The summed E-state index contributed by atoms with van der Waals surface area (Å²) < 4.78 is 9.73. The molecule has 2 aromatic rings. The van der Waals surface area contributed by atoms with Crippen molar-refractivity contribution in [1.29, 1.82) is 0 Å². The van der Waals surface area contributed by atoms with Gasteiger partial charge in [0.2, 0.25) is 0 Å². The summed E-state index contributed by atoms with van der Waals surface area (Å²) in [6.07, 6.45) is 0. The van der Waals surface area contributed by atoms with Crippen LogP contribution in [0.3, 0.4) is 0 Å². The van der Waals surface area contributed by atoms with E-state index in [1.165, 1.54) is 7.11 Å². The van der Waals surface area contributed by atoms with E-state index in [1.54, 1.807) is 13.1 Å². The van der Waals surface area contributed by atoms with Crippen LogP contribution in [0.25, 0.3) is 11.3 Å². The Hall–Kier alpha value is -2.56. The first-order chi connectivity index (χ1) is 9.17. The largest absolute Gasteiger partial charge is 0.465 e. The molecule has 0 aliphatic heterocycles. The predicted molar refractivity (Wildman–Crippen MR) is 71.3 cm³/mol. The molecule has 0 spiro atoms. The van der Waals surface area contributed by atoms with E-state index in [4.69, 9.17) is 4.42 Å². The van der Waals surface area contributed by atoms with Gasteiger partial charge in [-0.3, -0.25) is 0 Å². The summed E-state index contributed by atoms with van der Waals surface area (Å²) in [4.78, 5) is 23.4. The van der Waals surface area contributed by atoms with E-state index in [0.717, 1.165) is 5.56 Å². The van der Waals surface area contributed by atoms with Gasteiger partial charge in [0.25, 0.3) is 0 Å². The minimum atomic E-state index is -0.724. The second-order valence-corrected chi connectivity index (χ2v) is 3.79. The molecular formula is C14H13NO4. The Kier molecular flexibility index (Phi) is 3.66. The number of carbonyl (C=O) groups excluding carboxylic acids is 1. The van der Waals surface area contributed by atoms with Crippen molar-refractivity contribution in [2.24, 2.45) is 0 Å². The second kappa shape index (κ2) is 5.39. The maximum atomic E-state index is 11.9. The zero-order chi connectivity index (χ0) is 13.8. The average molecular weight is 259 g/mol. The molecule has 2 rings (SSSR count). The molecular weight excluding hydrogens is 246 g/mol. The first-order valence-electron chi connectivity index (χ1n) is 5.67. The van der Waals surface area contributed by atoms with Crippen LogP contribution in [0, 0.1) is 0 Å². The molecule has 5 heteroatoms. The third kappa shape index (κ3) is 2.49. The number of anilines is 1. The van der Waals surface area contributed by atoms with E-state index in [9.17, 15) is 9.59 Å². The molecule has 1 N–H and O–H groups in total. The number of benzene rings is 1. The topological polar surface area (TPSA) is 68.5 Å². The molecule has 98 valence electrons. The summed E-state index contributed by atoms with van der Waals surface area (Å²) in [5.74, 6) is -0.333. The second-order valence-electron chi connectivity index (χ2n) is 3.79. The Morgan fingerprint density at radius 2 is 1.95 bits per heavy atom. The molecule has 19 heavy (non-hydrogen) atoms. The van der Waals surface area contributed by atoms with Crippen LogP contribution in [0.1, 0.15) is 10.4 Å². The van der Waals surface area contributed by atoms with Crippen LogP contribution in [0.5, 0.6) is 0 Å². The Morgan fingerprint density at radius 3 is 2.53 bits per heavy atom. The Morgan fingerprint density at radius 1 is 1.26 bits per heavy atom. The summed E-state index contributed by atoms with van der Waals surface area (Å²) in [5.41, 5.74) is 0.275. The fourth-order valence-corrected chi connectivity index (χ4v) is 1.73. The van der Waals surface area contributed by atoms with E-state index >= 15 is 0 Å². The minimum Gasteiger partial charge on any atom is -0.465 e. The van der Waals surface area contributed by atoms with Crippen molar-refractivity contribution < 1.29 is 13.9 Å². The lowest BCUT2D eigenvalue weighted by Crippen LogP contribution is -2.18. The molecule has 0 bridgehead atoms. The third-order valence-corrected chi connectivity index (χ3v) is 2.67. The molecule has 0 amide bonds. The van der Waals surface area contributed by atoms with Gasteiger partial charge in [-0.25, -0.2) is 9.59 Å². The van der Waals surface area contributed by atoms with E-state index in [1.807, 2.05) is 30.3 Å². The smallest absolute Gasteiger partial charge is 0.353 e. The van der Waals surface area contributed by atoms with Crippen LogP contribution < -0.4 is 10.9 Å². The third-order valence-electron chi connectivity index (χ3n) is 2.67. The number of rotatable bonds is 3. The number of ether oxygens (including phenoxy) is 1. The van der Waals surface area contributed by atoms with Crippen LogP contribution in [0.2, 0.25) is 0 Å². The van der Waals surface area contributed by atoms with Crippen molar-refractivity contribution in [3.05, 3.63) is 52.4 Å². The maximum Gasteiger partial charge on any atom is 0.353 e. The number of nitrogens with one attached hydrogen (secondary N) is 1. The van der Waals surface area contributed by atoms with Gasteiger partial charge in [0, 0.05) is 18.7 Å². The van der Waals surface area contributed by atoms with Crippen molar-refractivity contribution in [3.63, 3.8) is 0 Å². The Labute approximate surface area is 109 Å². The van der Waals surface area contributed by atoms with Crippen molar-refractivity contribution in [2.75, 3.05) is 19.5 Å². The van der Waals surface area contributed by atoms with Crippen molar-refractivity contribution in [2.45, 2.75) is 0 Å². The van der Waals surface area contributed by atoms with Gasteiger partial charge in [-0.05, 0) is 0 Å². The van der Waals surface area contributed by atoms with Gasteiger partial charge in [0.05, 0.1) is 12.8 Å².